The second kappa shape index (κ2) is 7.29. The first-order valence-corrected chi connectivity index (χ1v) is 7.38. The van der Waals surface area contributed by atoms with Crippen LogP contribution in [0.3, 0.4) is 0 Å². The van der Waals surface area contributed by atoms with Crippen LogP contribution in [0.1, 0.15) is 31.2 Å². The molecule has 1 aliphatic rings. The Hall–Kier alpha value is -1.55. The lowest BCUT2D eigenvalue weighted by Gasteiger charge is -2.11. The monoisotopic (exact) mass is 276 g/mol. The van der Waals surface area contributed by atoms with Gasteiger partial charge < -0.3 is 15.8 Å². The third-order valence-electron chi connectivity index (χ3n) is 3.75. The van der Waals surface area contributed by atoms with Gasteiger partial charge in [0, 0.05) is 18.5 Å². The van der Waals surface area contributed by atoms with Crippen molar-refractivity contribution in [2.24, 2.45) is 11.7 Å². The van der Waals surface area contributed by atoms with Crippen molar-refractivity contribution >= 4 is 5.91 Å². The van der Waals surface area contributed by atoms with E-state index < -0.39 is 0 Å². The Labute approximate surface area is 120 Å². The van der Waals surface area contributed by atoms with E-state index in [9.17, 15) is 4.79 Å². The van der Waals surface area contributed by atoms with Crippen LogP contribution >= 0.6 is 0 Å². The molecule has 20 heavy (non-hydrogen) atoms. The molecular weight excluding hydrogens is 252 g/mol. The zero-order chi connectivity index (χ0) is 14.4. The van der Waals surface area contributed by atoms with Crippen LogP contribution in [0.2, 0.25) is 0 Å². The zero-order valence-electron chi connectivity index (χ0n) is 12.1. The second-order valence-electron chi connectivity index (χ2n) is 5.58. The number of hydrogen-bond donors (Lipinski definition) is 2. The van der Waals surface area contributed by atoms with Gasteiger partial charge in [-0.1, -0.05) is 17.7 Å². The standard InChI is InChI=1S/C16H24N2O2/c1-12-3-7-15(8-4-12)20-10-2-9-18-16(19)13-5-6-14(17)11-13/h3-4,7-8,13-14H,2,5-6,9-11,17H2,1H3,(H,18,19). The lowest BCUT2D eigenvalue weighted by Crippen LogP contribution is -2.31. The topological polar surface area (TPSA) is 64.3 Å². The Balaban J connectivity index is 1.57. The van der Waals surface area contributed by atoms with E-state index in [1.54, 1.807) is 0 Å². The Bertz CT molecular complexity index is 431. The molecular formula is C16H24N2O2. The minimum absolute atomic E-state index is 0.114. The van der Waals surface area contributed by atoms with E-state index in [4.69, 9.17) is 10.5 Å². The highest BCUT2D eigenvalue weighted by Crippen LogP contribution is 2.23. The van der Waals surface area contributed by atoms with Gasteiger partial charge in [-0.15, -0.1) is 0 Å². The first-order valence-electron chi connectivity index (χ1n) is 7.38. The fourth-order valence-corrected chi connectivity index (χ4v) is 2.51. The van der Waals surface area contributed by atoms with Gasteiger partial charge in [-0.3, -0.25) is 4.79 Å². The highest BCUT2D eigenvalue weighted by molar-refractivity contribution is 5.78. The van der Waals surface area contributed by atoms with Gasteiger partial charge in [0.05, 0.1) is 6.61 Å². The molecule has 1 saturated carbocycles. The number of nitrogens with one attached hydrogen (secondary N) is 1. The number of benzene rings is 1. The molecule has 0 heterocycles. The number of amides is 1. The molecule has 0 saturated heterocycles. The van der Waals surface area contributed by atoms with Crippen molar-refractivity contribution in [3.8, 4) is 5.75 Å². The molecule has 1 amide bonds. The van der Waals surface area contributed by atoms with Gasteiger partial charge >= 0.3 is 0 Å². The lowest BCUT2D eigenvalue weighted by atomic mass is 10.1. The van der Waals surface area contributed by atoms with Gasteiger partial charge in [0.25, 0.3) is 0 Å². The van der Waals surface area contributed by atoms with Crippen LogP contribution in [0.4, 0.5) is 0 Å². The van der Waals surface area contributed by atoms with Crippen LogP contribution in [0.5, 0.6) is 5.75 Å². The zero-order valence-corrected chi connectivity index (χ0v) is 12.1. The fraction of sp³-hybridized carbons (Fsp3) is 0.562. The largest absolute Gasteiger partial charge is 0.494 e. The SMILES string of the molecule is Cc1ccc(OCCCNC(=O)C2CCC(N)C2)cc1. The van der Waals surface area contributed by atoms with Gasteiger partial charge in [0.2, 0.25) is 5.91 Å². The normalized spacial score (nSPS) is 21.7. The summed E-state index contributed by atoms with van der Waals surface area (Å²) in [6.45, 7) is 3.33. The summed E-state index contributed by atoms with van der Waals surface area (Å²) in [5.41, 5.74) is 7.04. The van der Waals surface area contributed by atoms with E-state index in [0.29, 0.717) is 13.2 Å². The molecule has 4 heteroatoms. The van der Waals surface area contributed by atoms with Crippen LogP contribution in [-0.2, 0) is 4.79 Å². The quantitative estimate of drug-likeness (QED) is 0.781. The van der Waals surface area contributed by atoms with Crippen LogP contribution < -0.4 is 15.8 Å². The third kappa shape index (κ3) is 4.53. The van der Waals surface area contributed by atoms with Crippen LogP contribution in [0, 0.1) is 12.8 Å². The minimum atomic E-state index is 0.114. The van der Waals surface area contributed by atoms with Gasteiger partial charge in [0.15, 0.2) is 0 Å². The predicted molar refractivity (Wildman–Crippen MR) is 79.6 cm³/mol. The number of rotatable bonds is 6. The molecule has 0 aromatic heterocycles. The van der Waals surface area contributed by atoms with Crippen LogP contribution in [0.25, 0.3) is 0 Å². The Morgan fingerprint density at radius 1 is 1.35 bits per heavy atom. The fourth-order valence-electron chi connectivity index (χ4n) is 2.51. The molecule has 1 fully saturated rings. The summed E-state index contributed by atoms with van der Waals surface area (Å²) in [6, 6.07) is 8.19. The molecule has 2 rings (SSSR count). The predicted octanol–water partition coefficient (Wildman–Crippen LogP) is 2.01. The highest BCUT2D eigenvalue weighted by atomic mass is 16.5. The molecule has 4 nitrogen and oxygen atoms in total. The van der Waals surface area contributed by atoms with Crippen molar-refractivity contribution in [3.63, 3.8) is 0 Å². The number of carbonyl (C=O) groups excluding carboxylic acids is 1. The van der Waals surface area contributed by atoms with E-state index in [2.05, 4.69) is 5.32 Å². The van der Waals surface area contributed by atoms with Crippen molar-refractivity contribution in [1.29, 1.82) is 0 Å². The number of carbonyl (C=O) groups is 1. The number of ether oxygens (including phenoxy) is 1. The van der Waals surface area contributed by atoms with E-state index in [1.807, 2.05) is 31.2 Å². The summed E-state index contributed by atoms with van der Waals surface area (Å²) in [4.78, 5) is 11.9. The van der Waals surface area contributed by atoms with Gasteiger partial charge in [-0.2, -0.15) is 0 Å². The highest BCUT2D eigenvalue weighted by Gasteiger charge is 2.27. The molecule has 3 N–H and O–H groups in total. The minimum Gasteiger partial charge on any atom is -0.494 e. The van der Waals surface area contributed by atoms with Crippen molar-refractivity contribution < 1.29 is 9.53 Å². The summed E-state index contributed by atoms with van der Waals surface area (Å²) in [5.74, 6) is 1.14. The van der Waals surface area contributed by atoms with E-state index in [-0.39, 0.29) is 17.9 Å². The Morgan fingerprint density at radius 3 is 2.75 bits per heavy atom. The molecule has 2 atom stereocenters. The molecule has 0 bridgehead atoms. The smallest absolute Gasteiger partial charge is 0.223 e. The Morgan fingerprint density at radius 2 is 2.10 bits per heavy atom. The van der Waals surface area contributed by atoms with E-state index >= 15 is 0 Å². The number of aryl methyl sites for hydroxylation is 1. The maximum absolute atomic E-state index is 11.9. The Kier molecular flexibility index (Phi) is 5.41. The summed E-state index contributed by atoms with van der Waals surface area (Å²) in [5, 5.41) is 2.97. The molecule has 0 aliphatic heterocycles. The second-order valence-corrected chi connectivity index (χ2v) is 5.58. The third-order valence-corrected chi connectivity index (χ3v) is 3.75. The maximum atomic E-state index is 11.9. The molecule has 2 unspecified atom stereocenters. The van der Waals surface area contributed by atoms with Crippen molar-refractivity contribution in [2.75, 3.05) is 13.2 Å². The molecule has 0 spiro atoms. The van der Waals surface area contributed by atoms with Crippen molar-refractivity contribution in [2.45, 2.75) is 38.6 Å². The van der Waals surface area contributed by atoms with Crippen molar-refractivity contribution in [1.82, 2.24) is 5.32 Å². The van der Waals surface area contributed by atoms with Crippen molar-refractivity contribution in [3.05, 3.63) is 29.8 Å². The average molecular weight is 276 g/mol. The molecule has 1 aliphatic carbocycles. The first-order chi connectivity index (χ1) is 9.65. The molecule has 1 aromatic rings. The maximum Gasteiger partial charge on any atom is 0.223 e. The van der Waals surface area contributed by atoms with Crippen LogP contribution in [0.15, 0.2) is 24.3 Å². The summed E-state index contributed by atoms with van der Waals surface area (Å²) in [7, 11) is 0. The van der Waals surface area contributed by atoms with Gasteiger partial charge in [-0.05, 0) is 44.7 Å². The number of nitrogens with two attached hydrogens (primary N) is 1. The summed E-state index contributed by atoms with van der Waals surface area (Å²) in [6.07, 6.45) is 3.53. The number of hydrogen-bond acceptors (Lipinski definition) is 3. The van der Waals surface area contributed by atoms with E-state index in [1.165, 1.54) is 5.56 Å². The van der Waals surface area contributed by atoms with Crippen LogP contribution in [-0.4, -0.2) is 25.1 Å². The summed E-state index contributed by atoms with van der Waals surface area (Å²) >= 11 is 0. The van der Waals surface area contributed by atoms with Gasteiger partial charge in [0.1, 0.15) is 5.75 Å². The first kappa shape index (κ1) is 14.9. The van der Waals surface area contributed by atoms with E-state index in [0.717, 1.165) is 31.4 Å². The average Bonchev–Trinajstić information content (AvgIpc) is 2.87. The van der Waals surface area contributed by atoms with Gasteiger partial charge in [-0.25, -0.2) is 0 Å². The molecule has 1 aromatic carbocycles. The molecule has 0 radical (unpaired) electrons. The molecule has 110 valence electrons. The summed E-state index contributed by atoms with van der Waals surface area (Å²) < 4.78 is 5.61. The lowest BCUT2D eigenvalue weighted by molar-refractivity contribution is -0.124.